The molecule has 0 aliphatic heterocycles. The Morgan fingerprint density at radius 3 is 2.82 bits per heavy atom. The molecular formula is C12H13ClN2OS. The van der Waals surface area contributed by atoms with Crippen LogP contribution in [0.15, 0.2) is 23.6 Å². The number of halogens is 1. The summed E-state index contributed by atoms with van der Waals surface area (Å²) in [5.74, 6) is 0.783. The SMILES string of the molecule is Cc1cc(OC(C)c2csc(N)n2)ccc1Cl. The van der Waals surface area contributed by atoms with Gasteiger partial charge in [-0.2, -0.15) is 0 Å². The topological polar surface area (TPSA) is 48.1 Å². The fraction of sp³-hybridized carbons (Fsp3) is 0.250. The first kappa shape index (κ1) is 12.2. The lowest BCUT2D eigenvalue weighted by atomic mass is 10.2. The van der Waals surface area contributed by atoms with Crippen molar-refractivity contribution < 1.29 is 4.74 Å². The average Bonchev–Trinajstić information content (AvgIpc) is 2.70. The van der Waals surface area contributed by atoms with Crippen LogP contribution >= 0.6 is 22.9 Å². The molecule has 2 rings (SSSR count). The van der Waals surface area contributed by atoms with Crippen molar-refractivity contribution in [2.75, 3.05) is 5.73 Å². The molecule has 3 nitrogen and oxygen atoms in total. The number of rotatable bonds is 3. The van der Waals surface area contributed by atoms with E-state index in [1.807, 2.05) is 37.4 Å². The van der Waals surface area contributed by atoms with Gasteiger partial charge >= 0.3 is 0 Å². The maximum Gasteiger partial charge on any atom is 0.180 e. The number of hydrogen-bond donors (Lipinski definition) is 1. The molecule has 0 spiro atoms. The highest BCUT2D eigenvalue weighted by molar-refractivity contribution is 7.13. The summed E-state index contributed by atoms with van der Waals surface area (Å²) in [6.07, 6.45) is -0.121. The summed E-state index contributed by atoms with van der Waals surface area (Å²) in [5, 5.41) is 3.20. The normalized spacial score (nSPS) is 12.4. The fourth-order valence-electron chi connectivity index (χ4n) is 1.44. The third kappa shape index (κ3) is 2.90. The number of ether oxygens (including phenoxy) is 1. The maximum atomic E-state index is 5.95. The van der Waals surface area contributed by atoms with Crippen molar-refractivity contribution in [3.8, 4) is 5.75 Å². The van der Waals surface area contributed by atoms with Crippen molar-refractivity contribution in [1.82, 2.24) is 4.98 Å². The smallest absolute Gasteiger partial charge is 0.180 e. The minimum absolute atomic E-state index is 0.121. The van der Waals surface area contributed by atoms with Gasteiger partial charge in [-0.25, -0.2) is 4.98 Å². The first-order valence-electron chi connectivity index (χ1n) is 5.20. The van der Waals surface area contributed by atoms with E-state index in [0.717, 1.165) is 22.0 Å². The highest BCUT2D eigenvalue weighted by Gasteiger charge is 2.11. The average molecular weight is 269 g/mol. The van der Waals surface area contributed by atoms with Crippen LogP contribution in [0.3, 0.4) is 0 Å². The van der Waals surface area contributed by atoms with Gasteiger partial charge in [0.1, 0.15) is 11.9 Å². The fourth-order valence-corrected chi connectivity index (χ4v) is 2.20. The van der Waals surface area contributed by atoms with Gasteiger partial charge in [0.05, 0.1) is 5.69 Å². The Balaban J connectivity index is 2.12. The zero-order valence-electron chi connectivity index (χ0n) is 9.61. The van der Waals surface area contributed by atoms with Gasteiger partial charge in [-0.15, -0.1) is 11.3 Å². The summed E-state index contributed by atoms with van der Waals surface area (Å²) in [5.41, 5.74) is 7.43. The molecule has 0 bridgehead atoms. The third-order valence-electron chi connectivity index (χ3n) is 2.40. The molecule has 2 N–H and O–H groups in total. The number of anilines is 1. The summed E-state index contributed by atoms with van der Waals surface area (Å²) < 4.78 is 5.78. The Morgan fingerprint density at radius 1 is 1.47 bits per heavy atom. The quantitative estimate of drug-likeness (QED) is 0.920. The predicted molar refractivity (Wildman–Crippen MR) is 71.8 cm³/mol. The highest BCUT2D eigenvalue weighted by Crippen LogP contribution is 2.26. The standard InChI is InChI=1S/C12H13ClN2OS/c1-7-5-9(3-4-10(7)13)16-8(2)11-6-17-12(14)15-11/h3-6,8H,1-2H3,(H2,14,15). The van der Waals surface area contributed by atoms with Crippen molar-refractivity contribution in [2.45, 2.75) is 20.0 Å². The maximum absolute atomic E-state index is 5.95. The monoisotopic (exact) mass is 268 g/mol. The molecule has 1 atom stereocenters. The van der Waals surface area contributed by atoms with Crippen LogP contribution in [-0.4, -0.2) is 4.98 Å². The lowest BCUT2D eigenvalue weighted by Crippen LogP contribution is -2.03. The molecular weight excluding hydrogens is 256 g/mol. The molecule has 0 amide bonds. The van der Waals surface area contributed by atoms with Gasteiger partial charge < -0.3 is 10.5 Å². The Kier molecular flexibility index (Phi) is 3.54. The van der Waals surface area contributed by atoms with Gasteiger partial charge in [-0.05, 0) is 37.6 Å². The van der Waals surface area contributed by atoms with Crippen molar-refractivity contribution in [2.24, 2.45) is 0 Å². The van der Waals surface area contributed by atoms with E-state index in [2.05, 4.69) is 4.98 Å². The molecule has 1 unspecified atom stereocenters. The second-order valence-corrected chi connectivity index (χ2v) is 5.08. The summed E-state index contributed by atoms with van der Waals surface area (Å²) in [6.45, 7) is 3.89. The lowest BCUT2D eigenvalue weighted by Gasteiger charge is -2.13. The molecule has 0 saturated carbocycles. The van der Waals surface area contributed by atoms with Gasteiger partial charge in [0, 0.05) is 10.4 Å². The molecule has 0 aliphatic rings. The molecule has 1 aromatic carbocycles. The molecule has 2 aromatic rings. The van der Waals surface area contributed by atoms with E-state index in [0.29, 0.717) is 5.13 Å². The zero-order valence-corrected chi connectivity index (χ0v) is 11.2. The Hall–Kier alpha value is -1.26. The van der Waals surface area contributed by atoms with Gasteiger partial charge in [0.25, 0.3) is 0 Å². The number of nitrogens with two attached hydrogens (primary N) is 1. The van der Waals surface area contributed by atoms with E-state index in [-0.39, 0.29) is 6.10 Å². The van der Waals surface area contributed by atoms with E-state index in [1.54, 1.807) is 0 Å². The van der Waals surface area contributed by atoms with Gasteiger partial charge in [0.2, 0.25) is 0 Å². The van der Waals surface area contributed by atoms with Gasteiger partial charge in [-0.1, -0.05) is 11.6 Å². The van der Waals surface area contributed by atoms with Crippen LogP contribution in [-0.2, 0) is 0 Å². The van der Waals surface area contributed by atoms with Gasteiger partial charge in [-0.3, -0.25) is 0 Å². The summed E-state index contributed by atoms with van der Waals surface area (Å²) in [4.78, 5) is 4.19. The molecule has 0 radical (unpaired) electrons. The Labute approximate surface area is 109 Å². The number of aromatic nitrogens is 1. The van der Waals surface area contributed by atoms with Crippen molar-refractivity contribution in [3.05, 3.63) is 39.9 Å². The van der Waals surface area contributed by atoms with Crippen LogP contribution < -0.4 is 10.5 Å². The Morgan fingerprint density at radius 2 is 2.24 bits per heavy atom. The minimum Gasteiger partial charge on any atom is -0.484 e. The third-order valence-corrected chi connectivity index (χ3v) is 3.51. The second-order valence-electron chi connectivity index (χ2n) is 3.78. The van der Waals surface area contributed by atoms with E-state index < -0.39 is 0 Å². The summed E-state index contributed by atoms with van der Waals surface area (Å²) in [7, 11) is 0. The number of nitrogen functional groups attached to an aromatic ring is 1. The van der Waals surface area contributed by atoms with Crippen LogP contribution in [0.2, 0.25) is 5.02 Å². The predicted octanol–water partition coefficient (Wildman–Crippen LogP) is 3.83. The van der Waals surface area contributed by atoms with E-state index in [9.17, 15) is 0 Å². The molecule has 17 heavy (non-hydrogen) atoms. The first-order valence-corrected chi connectivity index (χ1v) is 6.45. The number of thiazole rings is 1. The van der Waals surface area contributed by atoms with E-state index >= 15 is 0 Å². The largest absolute Gasteiger partial charge is 0.484 e. The zero-order chi connectivity index (χ0) is 12.4. The molecule has 1 aromatic heterocycles. The second kappa shape index (κ2) is 4.94. The highest BCUT2D eigenvalue weighted by atomic mass is 35.5. The van der Waals surface area contributed by atoms with Crippen LogP contribution in [0.5, 0.6) is 5.75 Å². The van der Waals surface area contributed by atoms with Crippen LogP contribution in [0, 0.1) is 6.92 Å². The van der Waals surface area contributed by atoms with Crippen molar-refractivity contribution in [3.63, 3.8) is 0 Å². The van der Waals surface area contributed by atoms with E-state index in [4.69, 9.17) is 22.1 Å². The number of nitrogens with zero attached hydrogens (tertiary/aromatic N) is 1. The molecule has 5 heteroatoms. The van der Waals surface area contributed by atoms with Crippen molar-refractivity contribution in [1.29, 1.82) is 0 Å². The van der Waals surface area contributed by atoms with E-state index in [1.165, 1.54) is 11.3 Å². The summed E-state index contributed by atoms with van der Waals surface area (Å²) in [6, 6.07) is 5.59. The number of aryl methyl sites for hydroxylation is 1. The van der Waals surface area contributed by atoms with Crippen LogP contribution in [0.1, 0.15) is 24.3 Å². The lowest BCUT2D eigenvalue weighted by molar-refractivity contribution is 0.222. The first-order chi connectivity index (χ1) is 8.06. The summed E-state index contributed by atoms with van der Waals surface area (Å²) >= 11 is 7.37. The van der Waals surface area contributed by atoms with Crippen LogP contribution in [0.4, 0.5) is 5.13 Å². The van der Waals surface area contributed by atoms with Gasteiger partial charge in [0.15, 0.2) is 5.13 Å². The molecule has 1 heterocycles. The molecule has 0 aliphatic carbocycles. The molecule has 0 fully saturated rings. The van der Waals surface area contributed by atoms with Crippen molar-refractivity contribution >= 4 is 28.1 Å². The number of benzene rings is 1. The molecule has 90 valence electrons. The minimum atomic E-state index is -0.121. The molecule has 0 saturated heterocycles. The Bertz CT molecular complexity index is 527. The number of hydrogen-bond acceptors (Lipinski definition) is 4. The van der Waals surface area contributed by atoms with Crippen LogP contribution in [0.25, 0.3) is 0 Å².